The summed E-state index contributed by atoms with van der Waals surface area (Å²) in [6.45, 7) is 3.84. The highest BCUT2D eigenvalue weighted by Crippen LogP contribution is 2.46. The molecule has 4 atom stereocenters. The number of nitrogens with zero attached hydrogens (tertiary/aromatic N) is 4. The van der Waals surface area contributed by atoms with Crippen LogP contribution in [0.5, 0.6) is 11.5 Å². The minimum atomic E-state index is -0.960. The van der Waals surface area contributed by atoms with Crippen molar-refractivity contribution < 1.29 is 28.5 Å². The molecule has 8 rings (SSSR count). The Morgan fingerprint density at radius 2 is 2.00 bits per heavy atom. The SMILES string of the molecule is O=C(O)c1ccc2nc3n(c2c1)C([C@@H]1CCO1)[C@H]1CN(c2cccc4c2O[C@@H](c2ccc(Cl)cc2F)CO4)CCN1C3. The lowest BCUT2D eigenvalue weighted by molar-refractivity contribution is -0.107. The van der Waals surface area contributed by atoms with E-state index in [2.05, 4.69) is 14.4 Å². The molecule has 42 heavy (non-hydrogen) atoms. The second kappa shape index (κ2) is 9.86. The van der Waals surface area contributed by atoms with Gasteiger partial charge in [0.05, 0.1) is 47.0 Å². The summed E-state index contributed by atoms with van der Waals surface area (Å²) >= 11 is 5.98. The van der Waals surface area contributed by atoms with Gasteiger partial charge in [-0.2, -0.15) is 0 Å². The summed E-state index contributed by atoms with van der Waals surface area (Å²) in [7, 11) is 0. The first-order valence-corrected chi connectivity index (χ1v) is 14.5. The van der Waals surface area contributed by atoms with Crippen LogP contribution in [0.1, 0.15) is 40.3 Å². The fraction of sp³-hybridized carbons (Fsp3) is 0.355. The number of aromatic carboxylic acids is 1. The molecular weight excluding hydrogens is 563 g/mol. The Morgan fingerprint density at radius 1 is 1.12 bits per heavy atom. The molecule has 4 aromatic rings. The van der Waals surface area contributed by atoms with Gasteiger partial charge in [0, 0.05) is 36.8 Å². The van der Waals surface area contributed by atoms with Crippen molar-refractivity contribution in [1.82, 2.24) is 14.5 Å². The Bertz CT molecular complexity index is 1730. The number of carbonyl (C=O) groups is 1. The highest BCUT2D eigenvalue weighted by Gasteiger charge is 2.46. The number of imidazole rings is 1. The van der Waals surface area contributed by atoms with Crippen LogP contribution in [-0.4, -0.2) is 70.5 Å². The third-order valence-corrected chi connectivity index (χ3v) is 9.19. The molecule has 1 aromatic heterocycles. The summed E-state index contributed by atoms with van der Waals surface area (Å²) in [6.07, 6.45) is 0.328. The van der Waals surface area contributed by atoms with Crippen LogP contribution >= 0.6 is 11.6 Å². The van der Waals surface area contributed by atoms with Gasteiger partial charge in [-0.05, 0) is 48.9 Å². The Hall–Kier alpha value is -3.86. The van der Waals surface area contributed by atoms with Crippen LogP contribution in [0.4, 0.5) is 10.1 Å². The Morgan fingerprint density at radius 3 is 2.79 bits per heavy atom. The molecule has 0 saturated carbocycles. The zero-order valence-electron chi connectivity index (χ0n) is 22.6. The molecule has 0 aliphatic carbocycles. The van der Waals surface area contributed by atoms with E-state index in [1.165, 1.54) is 6.07 Å². The van der Waals surface area contributed by atoms with Crippen molar-refractivity contribution in [3.05, 3.63) is 82.4 Å². The van der Waals surface area contributed by atoms with Crippen molar-refractivity contribution in [1.29, 1.82) is 0 Å². The molecule has 5 heterocycles. The predicted molar refractivity (Wildman–Crippen MR) is 153 cm³/mol. The summed E-state index contributed by atoms with van der Waals surface area (Å²) in [4.78, 5) is 21.5. The molecule has 3 aromatic carbocycles. The van der Waals surface area contributed by atoms with E-state index in [0.717, 1.165) is 42.1 Å². The van der Waals surface area contributed by atoms with Crippen LogP contribution in [-0.2, 0) is 11.3 Å². The average molecular weight is 591 g/mol. The molecule has 9 nitrogen and oxygen atoms in total. The monoisotopic (exact) mass is 590 g/mol. The summed E-state index contributed by atoms with van der Waals surface area (Å²) in [5.74, 6) is 0.777. The lowest BCUT2D eigenvalue weighted by Crippen LogP contribution is -2.61. The first-order chi connectivity index (χ1) is 20.4. The van der Waals surface area contributed by atoms with Crippen LogP contribution in [0.2, 0.25) is 5.02 Å². The van der Waals surface area contributed by atoms with E-state index in [4.69, 9.17) is 30.8 Å². The van der Waals surface area contributed by atoms with Crippen molar-refractivity contribution in [2.45, 2.75) is 37.3 Å². The molecule has 1 N–H and O–H groups in total. The molecule has 0 bridgehead atoms. The van der Waals surface area contributed by atoms with Crippen molar-refractivity contribution in [3.8, 4) is 11.5 Å². The second-order valence-electron chi connectivity index (χ2n) is 11.3. The minimum absolute atomic E-state index is 0.00363. The molecule has 0 amide bonds. The minimum Gasteiger partial charge on any atom is -0.485 e. The van der Waals surface area contributed by atoms with Crippen molar-refractivity contribution in [3.63, 3.8) is 0 Å². The number of fused-ring (bicyclic) bond motifs is 5. The normalized spacial score (nSPS) is 25.0. The number of ether oxygens (including phenoxy) is 3. The van der Waals surface area contributed by atoms with Gasteiger partial charge in [0.2, 0.25) is 0 Å². The number of carboxylic acid groups (broad SMARTS) is 1. The van der Waals surface area contributed by atoms with Crippen molar-refractivity contribution in [2.24, 2.45) is 0 Å². The molecule has 1 unspecified atom stereocenters. The fourth-order valence-electron chi connectivity index (χ4n) is 6.84. The standard InChI is InChI=1S/C31H28ClFN4O5/c32-18-5-6-19(20(33)13-18)27-16-41-26-3-1-2-22(30(26)42-27)35-9-10-36-15-28-34-21-7-4-17(31(38)39)12-23(21)37(28)29(24(36)14-35)25-8-11-40-25/h1-7,12-13,24-25,27,29H,8-11,14-16H2,(H,38,39)/t24-,25+,27-,29?/m1/s1. The molecule has 4 aliphatic heterocycles. The number of aromatic nitrogens is 2. The maximum atomic E-state index is 14.8. The number of para-hydroxylation sites is 1. The fourth-order valence-corrected chi connectivity index (χ4v) is 7.00. The zero-order chi connectivity index (χ0) is 28.5. The maximum Gasteiger partial charge on any atom is 0.335 e. The topological polar surface area (TPSA) is 89.3 Å². The van der Waals surface area contributed by atoms with Crippen LogP contribution in [0.15, 0.2) is 54.6 Å². The van der Waals surface area contributed by atoms with Gasteiger partial charge in [-0.3, -0.25) is 4.90 Å². The van der Waals surface area contributed by atoms with Gasteiger partial charge in [0.25, 0.3) is 0 Å². The van der Waals surface area contributed by atoms with E-state index in [0.29, 0.717) is 41.8 Å². The zero-order valence-corrected chi connectivity index (χ0v) is 23.3. The van der Waals surface area contributed by atoms with Crippen LogP contribution in [0.3, 0.4) is 0 Å². The molecule has 2 fully saturated rings. The van der Waals surface area contributed by atoms with Crippen molar-refractivity contribution in [2.75, 3.05) is 37.7 Å². The quantitative estimate of drug-likeness (QED) is 0.352. The lowest BCUT2D eigenvalue weighted by Gasteiger charge is -2.52. The third kappa shape index (κ3) is 4.11. The molecule has 4 aliphatic rings. The average Bonchev–Trinajstić information content (AvgIpc) is 3.32. The number of hydrogen-bond donors (Lipinski definition) is 1. The number of carboxylic acids is 1. The number of halogens is 2. The number of benzene rings is 3. The maximum absolute atomic E-state index is 14.8. The van der Waals surface area contributed by atoms with Gasteiger partial charge in [-0.15, -0.1) is 0 Å². The highest BCUT2D eigenvalue weighted by molar-refractivity contribution is 6.30. The van der Waals surface area contributed by atoms with Gasteiger partial charge in [-0.25, -0.2) is 14.2 Å². The van der Waals surface area contributed by atoms with Gasteiger partial charge in [0.1, 0.15) is 18.2 Å². The lowest BCUT2D eigenvalue weighted by atomic mass is 9.91. The first-order valence-electron chi connectivity index (χ1n) is 14.2. The molecule has 11 heteroatoms. The summed E-state index contributed by atoms with van der Waals surface area (Å²) in [5.41, 5.74) is 3.15. The second-order valence-corrected chi connectivity index (χ2v) is 11.7. The number of rotatable bonds is 4. The summed E-state index contributed by atoms with van der Waals surface area (Å²) in [6, 6.07) is 15.6. The molecular formula is C31H28ClFN4O5. The van der Waals surface area contributed by atoms with Gasteiger partial charge in [-0.1, -0.05) is 23.7 Å². The Kier molecular flexibility index (Phi) is 6.06. The third-order valence-electron chi connectivity index (χ3n) is 8.95. The predicted octanol–water partition coefficient (Wildman–Crippen LogP) is 5.07. The number of piperazine rings is 1. The van der Waals surface area contributed by atoms with E-state index in [1.54, 1.807) is 30.3 Å². The number of hydrogen-bond acceptors (Lipinski definition) is 7. The van der Waals surface area contributed by atoms with Gasteiger partial charge >= 0.3 is 5.97 Å². The molecule has 216 valence electrons. The molecule has 2 saturated heterocycles. The smallest absolute Gasteiger partial charge is 0.335 e. The van der Waals surface area contributed by atoms with E-state index >= 15 is 0 Å². The van der Waals surface area contributed by atoms with E-state index < -0.39 is 17.9 Å². The van der Waals surface area contributed by atoms with Gasteiger partial charge < -0.3 is 28.8 Å². The highest BCUT2D eigenvalue weighted by atomic mass is 35.5. The Balaban J connectivity index is 1.14. The summed E-state index contributed by atoms with van der Waals surface area (Å²) < 4.78 is 35.6. The van der Waals surface area contributed by atoms with Crippen LogP contribution in [0, 0.1) is 5.82 Å². The van der Waals surface area contributed by atoms with E-state index in [-0.39, 0.29) is 30.4 Å². The molecule has 0 radical (unpaired) electrons. The van der Waals surface area contributed by atoms with E-state index in [9.17, 15) is 14.3 Å². The van der Waals surface area contributed by atoms with Gasteiger partial charge in [0.15, 0.2) is 17.6 Å². The first kappa shape index (κ1) is 25.8. The Labute approximate surface area is 246 Å². The largest absolute Gasteiger partial charge is 0.485 e. The van der Waals surface area contributed by atoms with Crippen LogP contribution in [0.25, 0.3) is 11.0 Å². The van der Waals surface area contributed by atoms with Crippen LogP contribution < -0.4 is 14.4 Å². The van der Waals surface area contributed by atoms with Crippen molar-refractivity contribution >= 4 is 34.3 Å². The summed E-state index contributed by atoms with van der Waals surface area (Å²) in [5, 5.41) is 10.00. The number of anilines is 1. The van der Waals surface area contributed by atoms with E-state index in [1.807, 2.05) is 18.2 Å². The molecule has 0 spiro atoms.